The molecule has 2 atom stereocenters. The van der Waals surface area contributed by atoms with Crippen molar-refractivity contribution in [3.05, 3.63) is 98.4 Å². The molecular formula is C24H14Br2NO5-. The van der Waals surface area contributed by atoms with Crippen LogP contribution in [0.1, 0.15) is 32.3 Å². The largest absolute Gasteiger partial charge is 0.545 e. The lowest BCUT2D eigenvalue weighted by molar-refractivity contribution is -0.255. The smallest absolute Gasteiger partial charge is 0.295 e. The van der Waals surface area contributed by atoms with Gasteiger partial charge in [0.25, 0.3) is 5.91 Å². The van der Waals surface area contributed by atoms with Gasteiger partial charge in [-0.2, -0.15) is 0 Å². The summed E-state index contributed by atoms with van der Waals surface area (Å²) >= 11 is 6.65. The molecule has 160 valence electrons. The van der Waals surface area contributed by atoms with Gasteiger partial charge in [0.15, 0.2) is 5.78 Å². The molecule has 1 amide bonds. The minimum atomic E-state index is -1.39. The number of aromatic carboxylic acids is 1. The summed E-state index contributed by atoms with van der Waals surface area (Å²) in [6.45, 7) is 0. The standard InChI is InChI=1S/C24H15Br2NO5/c25-16-6-4-13(5-7-16)21(28)19-20(14-2-1-3-15(12-14)24(31)32)27(23(30)22(19)29)18-10-8-17(26)9-11-18/h1-12,19-20H,(H,31,32)/p-1. The van der Waals surface area contributed by atoms with Gasteiger partial charge in [0.1, 0.15) is 5.92 Å². The Hall–Kier alpha value is -3.10. The Labute approximate surface area is 200 Å². The monoisotopic (exact) mass is 554 g/mol. The van der Waals surface area contributed by atoms with Gasteiger partial charge in [-0.3, -0.25) is 19.3 Å². The maximum atomic E-state index is 13.4. The van der Waals surface area contributed by atoms with Gasteiger partial charge in [-0.05, 0) is 53.6 Å². The van der Waals surface area contributed by atoms with Gasteiger partial charge >= 0.3 is 0 Å². The van der Waals surface area contributed by atoms with Gasteiger partial charge in [-0.1, -0.05) is 62.2 Å². The molecule has 0 saturated carbocycles. The van der Waals surface area contributed by atoms with Crippen molar-refractivity contribution in [2.45, 2.75) is 6.04 Å². The Balaban J connectivity index is 1.88. The summed E-state index contributed by atoms with van der Waals surface area (Å²) in [5.74, 6) is -4.91. The van der Waals surface area contributed by atoms with Gasteiger partial charge in [-0.25, -0.2) is 0 Å². The van der Waals surface area contributed by atoms with Crippen molar-refractivity contribution in [2.24, 2.45) is 5.92 Å². The van der Waals surface area contributed by atoms with E-state index in [4.69, 9.17) is 0 Å². The number of carboxylic acids is 1. The highest BCUT2D eigenvalue weighted by Gasteiger charge is 2.52. The Kier molecular flexibility index (Phi) is 6.08. The third kappa shape index (κ3) is 4.03. The first-order valence-corrected chi connectivity index (χ1v) is 11.1. The number of amides is 1. The van der Waals surface area contributed by atoms with Gasteiger partial charge in [-0.15, -0.1) is 0 Å². The van der Waals surface area contributed by atoms with Crippen LogP contribution in [0.25, 0.3) is 0 Å². The predicted molar refractivity (Wildman–Crippen MR) is 122 cm³/mol. The fourth-order valence-corrected chi connectivity index (χ4v) is 4.33. The molecule has 1 fully saturated rings. The molecular weight excluding hydrogens is 542 g/mol. The lowest BCUT2D eigenvalue weighted by Crippen LogP contribution is -2.31. The van der Waals surface area contributed by atoms with E-state index < -0.39 is 35.4 Å². The molecule has 2 unspecified atom stereocenters. The minimum absolute atomic E-state index is 0.111. The Morgan fingerprint density at radius 1 is 0.812 bits per heavy atom. The Bertz CT molecular complexity index is 1240. The lowest BCUT2D eigenvalue weighted by atomic mass is 9.86. The molecule has 0 N–H and O–H groups in total. The van der Waals surface area contributed by atoms with Crippen LogP contribution < -0.4 is 10.0 Å². The number of halogens is 2. The SMILES string of the molecule is O=C([O-])c1cccc(C2C(C(=O)c3ccc(Br)cc3)C(=O)C(=O)N2c2ccc(Br)cc2)c1. The fourth-order valence-electron chi connectivity index (χ4n) is 3.80. The fraction of sp³-hybridized carbons (Fsp3) is 0.0833. The molecule has 3 aromatic carbocycles. The number of nitrogens with zero attached hydrogens (tertiary/aromatic N) is 1. The second-order valence-corrected chi connectivity index (χ2v) is 9.05. The van der Waals surface area contributed by atoms with Crippen LogP contribution in [-0.2, 0) is 9.59 Å². The van der Waals surface area contributed by atoms with Crippen LogP contribution in [0.15, 0.2) is 81.7 Å². The molecule has 1 aliphatic rings. The molecule has 0 aliphatic carbocycles. The van der Waals surface area contributed by atoms with E-state index in [-0.39, 0.29) is 11.1 Å². The highest BCUT2D eigenvalue weighted by Crippen LogP contribution is 2.41. The van der Waals surface area contributed by atoms with Crippen molar-refractivity contribution in [2.75, 3.05) is 4.90 Å². The maximum absolute atomic E-state index is 13.4. The molecule has 0 spiro atoms. The number of carbonyl (C=O) groups excluding carboxylic acids is 4. The zero-order valence-electron chi connectivity index (χ0n) is 16.3. The van der Waals surface area contributed by atoms with Crippen LogP contribution in [-0.4, -0.2) is 23.4 Å². The number of Topliss-reactive ketones (excluding diaryl/α,β-unsaturated/α-hetero) is 2. The number of benzene rings is 3. The minimum Gasteiger partial charge on any atom is -0.545 e. The van der Waals surface area contributed by atoms with E-state index >= 15 is 0 Å². The number of rotatable bonds is 5. The van der Waals surface area contributed by atoms with Gasteiger partial charge in [0.2, 0.25) is 5.78 Å². The predicted octanol–water partition coefficient (Wildman–Crippen LogP) is 3.73. The van der Waals surface area contributed by atoms with Crippen LogP contribution in [0.4, 0.5) is 5.69 Å². The molecule has 3 aromatic rings. The first-order valence-electron chi connectivity index (χ1n) is 9.52. The average molecular weight is 556 g/mol. The highest BCUT2D eigenvalue weighted by molar-refractivity contribution is 9.10. The molecule has 0 aromatic heterocycles. The maximum Gasteiger partial charge on any atom is 0.295 e. The van der Waals surface area contributed by atoms with Crippen LogP contribution in [0.5, 0.6) is 0 Å². The number of hydrogen-bond donors (Lipinski definition) is 0. The third-order valence-electron chi connectivity index (χ3n) is 5.29. The van der Waals surface area contributed by atoms with Crippen LogP contribution in [0.3, 0.4) is 0 Å². The van der Waals surface area contributed by atoms with E-state index in [0.29, 0.717) is 11.3 Å². The van der Waals surface area contributed by atoms with E-state index in [1.54, 1.807) is 54.6 Å². The molecule has 1 aliphatic heterocycles. The summed E-state index contributed by atoms with van der Waals surface area (Å²) in [5, 5.41) is 11.4. The number of hydrogen-bond acceptors (Lipinski definition) is 5. The number of carboxylic acid groups (broad SMARTS) is 1. The zero-order chi connectivity index (χ0) is 23.0. The van der Waals surface area contributed by atoms with E-state index in [9.17, 15) is 24.3 Å². The molecule has 6 nitrogen and oxygen atoms in total. The summed E-state index contributed by atoms with van der Waals surface area (Å²) in [6, 6.07) is 18.0. The molecule has 32 heavy (non-hydrogen) atoms. The van der Waals surface area contributed by atoms with Crippen LogP contribution in [0, 0.1) is 5.92 Å². The van der Waals surface area contributed by atoms with E-state index in [0.717, 1.165) is 8.95 Å². The van der Waals surface area contributed by atoms with Crippen molar-refractivity contribution in [1.82, 2.24) is 0 Å². The topological polar surface area (TPSA) is 94.6 Å². The van der Waals surface area contributed by atoms with E-state index in [1.165, 1.54) is 23.1 Å². The van der Waals surface area contributed by atoms with Gasteiger partial charge in [0, 0.05) is 20.2 Å². The van der Waals surface area contributed by atoms with Crippen molar-refractivity contribution in [3.8, 4) is 0 Å². The summed E-state index contributed by atoms with van der Waals surface area (Å²) < 4.78 is 1.54. The van der Waals surface area contributed by atoms with E-state index in [1.807, 2.05) is 0 Å². The van der Waals surface area contributed by atoms with E-state index in [2.05, 4.69) is 31.9 Å². The zero-order valence-corrected chi connectivity index (χ0v) is 19.5. The van der Waals surface area contributed by atoms with Crippen molar-refractivity contribution < 1.29 is 24.3 Å². The molecule has 1 heterocycles. The molecule has 1 saturated heterocycles. The Morgan fingerprint density at radius 2 is 1.41 bits per heavy atom. The second-order valence-electron chi connectivity index (χ2n) is 7.22. The molecule has 0 radical (unpaired) electrons. The highest BCUT2D eigenvalue weighted by atomic mass is 79.9. The van der Waals surface area contributed by atoms with Gasteiger partial charge < -0.3 is 9.90 Å². The lowest BCUT2D eigenvalue weighted by Gasteiger charge is -2.28. The Morgan fingerprint density at radius 3 is 2.00 bits per heavy atom. The normalized spacial score (nSPS) is 18.1. The molecule has 0 bridgehead atoms. The van der Waals surface area contributed by atoms with Crippen molar-refractivity contribution in [1.29, 1.82) is 0 Å². The summed E-state index contributed by atoms with van der Waals surface area (Å²) in [6.07, 6.45) is 0. The number of ketones is 2. The number of anilines is 1. The molecule has 4 rings (SSSR count). The van der Waals surface area contributed by atoms with Crippen molar-refractivity contribution >= 4 is 61.0 Å². The first-order chi connectivity index (χ1) is 15.3. The number of carbonyl (C=O) groups is 4. The van der Waals surface area contributed by atoms with Crippen LogP contribution in [0.2, 0.25) is 0 Å². The first kappa shape index (κ1) is 22.1. The summed E-state index contributed by atoms with van der Waals surface area (Å²) in [7, 11) is 0. The quantitative estimate of drug-likeness (QED) is 0.271. The summed E-state index contributed by atoms with van der Waals surface area (Å²) in [5.41, 5.74) is 0.934. The second kappa shape index (κ2) is 8.80. The average Bonchev–Trinajstić information content (AvgIpc) is 3.05. The van der Waals surface area contributed by atoms with Crippen molar-refractivity contribution in [3.63, 3.8) is 0 Å². The van der Waals surface area contributed by atoms with Gasteiger partial charge in [0.05, 0.1) is 12.0 Å². The third-order valence-corrected chi connectivity index (χ3v) is 6.34. The molecule has 8 heteroatoms. The van der Waals surface area contributed by atoms with Crippen LogP contribution >= 0.6 is 31.9 Å². The summed E-state index contributed by atoms with van der Waals surface area (Å²) in [4.78, 5) is 52.2.